The van der Waals surface area contributed by atoms with Crippen LogP contribution in [-0.4, -0.2) is 40.8 Å². The largest absolute Gasteiger partial charge is 0.361 e. The summed E-state index contributed by atoms with van der Waals surface area (Å²) in [6.07, 6.45) is 2.38. The van der Waals surface area contributed by atoms with Crippen LogP contribution in [0, 0.1) is 0 Å². The van der Waals surface area contributed by atoms with Crippen LogP contribution < -0.4 is 5.32 Å². The van der Waals surface area contributed by atoms with Crippen molar-refractivity contribution in [1.82, 2.24) is 15.2 Å². The number of para-hydroxylation sites is 1. The fourth-order valence-corrected chi connectivity index (χ4v) is 3.74. The SMILES string of the molecule is CCN(CC)C(=O)C(Cc1c[nH]c2ccccc12)NC(=O)c1cccs1. The first-order chi connectivity index (χ1) is 12.6. The van der Waals surface area contributed by atoms with Crippen molar-refractivity contribution in [2.24, 2.45) is 0 Å². The fraction of sp³-hybridized carbons (Fsp3) is 0.300. The maximum Gasteiger partial charge on any atom is 0.262 e. The second-order valence-electron chi connectivity index (χ2n) is 6.08. The molecule has 0 spiro atoms. The third-order valence-corrected chi connectivity index (χ3v) is 5.39. The number of nitrogens with zero attached hydrogens (tertiary/aromatic N) is 1. The number of hydrogen-bond acceptors (Lipinski definition) is 3. The Morgan fingerprint density at radius 2 is 1.92 bits per heavy atom. The summed E-state index contributed by atoms with van der Waals surface area (Å²) in [4.78, 5) is 31.1. The molecule has 3 aromatic rings. The highest BCUT2D eigenvalue weighted by Crippen LogP contribution is 2.20. The van der Waals surface area contributed by atoms with E-state index in [4.69, 9.17) is 0 Å². The lowest BCUT2D eigenvalue weighted by molar-refractivity contribution is -0.132. The number of aromatic nitrogens is 1. The fourth-order valence-electron chi connectivity index (χ4n) is 3.11. The lowest BCUT2D eigenvalue weighted by Crippen LogP contribution is -2.49. The van der Waals surface area contributed by atoms with Gasteiger partial charge in [0, 0.05) is 36.6 Å². The number of hydrogen-bond donors (Lipinski definition) is 2. The second-order valence-corrected chi connectivity index (χ2v) is 7.03. The number of aromatic amines is 1. The summed E-state index contributed by atoms with van der Waals surface area (Å²) in [5.74, 6) is -0.254. The van der Waals surface area contributed by atoms with Crippen LogP contribution in [-0.2, 0) is 11.2 Å². The van der Waals surface area contributed by atoms with Crippen LogP contribution in [0.15, 0.2) is 48.0 Å². The number of amides is 2. The Hall–Kier alpha value is -2.60. The van der Waals surface area contributed by atoms with Gasteiger partial charge >= 0.3 is 0 Å². The summed E-state index contributed by atoms with van der Waals surface area (Å²) >= 11 is 1.37. The van der Waals surface area contributed by atoms with Gasteiger partial charge in [0.05, 0.1) is 4.88 Å². The number of H-pyrrole nitrogens is 1. The minimum Gasteiger partial charge on any atom is -0.361 e. The van der Waals surface area contributed by atoms with Crippen molar-refractivity contribution in [2.75, 3.05) is 13.1 Å². The first kappa shape index (κ1) is 18.2. The summed E-state index contributed by atoms with van der Waals surface area (Å²) < 4.78 is 0. The van der Waals surface area contributed by atoms with Gasteiger partial charge in [0.15, 0.2) is 0 Å². The van der Waals surface area contributed by atoms with Crippen molar-refractivity contribution in [2.45, 2.75) is 26.3 Å². The summed E-state index contributed by atoms with van der Waals surface area (Å²) in [6, 6.07) is 11.0. The lowest BCUT2D eigenvalue weighted by Gasteiger charge is -2.25. The number of thiophene rings is 1. The summed E-state index contributed by atoms with van der Waals surface area (Å²) in [5.41, 5.74) is 2.05. The molecule has 1 unspecified atom stereocenters. The number of benzene rings is 1. The highest BCUT2D eigenvalue weighted by Gasteiger charge is 2.26. The van der Waals surface area contributed by atoms with Gasteiger partial charge in [-0.15, -0.1) is 11.3 Å². The predicted octanol–water partition coefficient (Wildman–Crippen LogP) is 3.44. The van der Waals surface area contributed by atoms with E-state index in [1.165, 1.54) is 11.3 Å². The van der Waals surface area contributed by atoms with Crippen LogP contribution in [0.1, 0.15) is 29.1 Å². The maximum atomic E-state index is 13.0. The number of likely N-dealkylation sites (N-methyl/N-ethyl adjacent to an activating group) is 1. The van der Waals surface area contributed by atoms with E-state index in [0.717, 1.165) is 16.5 Å². The molecule has 2 aromatic heterocycles. The van der Waals surface area contributed by atoms with Gasteiger partial charge in [-0.05, 0) is 36.9 Å². The summed E-state index contributed by atoms with van der Waals surface area (Å²) in [6.45, 7) is 5.14. The van der Waals surface area contributed by atoms with Crippen molar-refractivity contribution in [3.05, 3.63) is 58.4 Å². The van der Waals surface area contributed by atoms with Crippen LogP contribution >= 0.6 is 11.3 Å². The van der Waals surface area contributed by atoms with Crippen LogP contribution in [0.2, 0.25) is 0 Å². The minimum absolute atomic E-state index is 0.0508. The smallest absolute Gasteiger partial charge is 0.262 e. The second kappa shape index (κ2) is 8.19. The first-order valence-corrected chi connectivity index (χ1v) is 9.70. The van der Waals surface area contributed by atoms with E-state index in [2.05, 4.69) is 10.3 Å². The molecule has 3 rings (SSSR count). The van der Waals surface area contributed by atoms with Crippen LogP contribution in [0.5, 0.6) is 0 Å². The zero-order chi connectivity index (χ0) is 18.5. The van der Waals surface area contributed by atoms with Crippen molar-refractivity contribution in [3.63, 3.8) is 0 Å². The van der Waals surface area contributed by atoms with E-state index in [1.807, 2.05) is 55.8 Å². The average molecular weight is 369 g/mol. The van der Waals surface area contributed by atoms with E-state index >= 15 is 0 Å². The number of nitrogens with one attached hydrogen (secondary N) is 2. The Labute approximate surface area is 157 Å². The van der Waals surface area contributed by atoms with Crippen molar-refractivity contribution in [3.8, 4) is 0 Å². The van der Waals surface area contributed by atoms with Gasteiger partial charge in [-0.2, -0.15) is 0 Å². The molecule has 0 radical (unpaired) electrons. The van der Waals surface area contributed by atoms with Crippen molar-refractivity contribution in [1.29, 1.82) is 0 Å². The molecule has 5 nitrogen and oxygen atoms in total. The first-order valence-electron chi connectivity index (χ1n) is 8.82. The molecule has 2 heterocycles. The number of carbonyl (C=O) groups excluding carboxylic acids is 2. The van der Waals surface area contributed by atoms with E-state index in [0.29, 0.717) is 24.4 Å². The Morgan fingerprint density at radius 3 is 2.62 bits per heavy atom. The standard InChI is InChI=1S/C20H23N3O2S/c1-3-23(4-2)20(25)17(22-19(24)18-10-7-11-26-18)12-14-13-21-16-9-6-5-8-15(14)16/h5-11,13,17,21H,3-4,12H2,1-2H3,(H,22,24). The quantitative estimate of drug-likeness (QED) is 0.670. The highest BCUT2D eigenvalue weighted by molar-refractivity contribution is 7.12. The highest BCUT2D eigenvalue weighted by atomic mass is 32.1. The van der Waals surface area contributed by atoms with E-state index in [-0.39, 0.29) is 11.8 Å². The molecule has 0 aliphatic heterocycles. The lowest BCUT2D eigenvalue weighted by atomic mass is 10.0. The molecular weight excluding hydrogens is 346 g/mol. The Kier molecular flexibility index (Phi) is 5.73. The molecule has 2 N–H and O–H groups in total. The van der Waals surface area contributed by atoms with Crippen LogP contribution in [0.4, 0.5) is 0 Å². The van der Waals surface area contributed by atoms with Gasteiger partial charge < -0.3 is 15.2 Å². The molecule has 0 saturated heterocycles. The zero-order valence-electron chi connectivity index (χ0n) is 15.0. The molecule has 0 saturated carbocycles. The minimum atomic E-state index is -0.594. The maximum absolute atomic E-state index is 13.0. The van der Waals surface area contributed by atoms with Crippen molar-refractivity contribution < 1.29 is 9.59 Å². The van der Waals surface area contributed by atoms with Gasteiger partial charge in [0.2, 0.25) is 5.91 Å². The van der Waals surface area contributed by atoms with Gasteiger partial charge in [-0.3, -0.25) is 9.59 Å². The normalized spacial score (nSPS) is 12.1. The third kappa shape index (κ3) is 3.80. The van der Waals surface area contributed by atoms with Gasteiger partial charge in [-0.1, -0.05) is 24.3 Å². The van der Waals surface area contributed by atoms with Crippen LogP contribution in [0.3, 0.4) is 0 Å². The molecule has 6 heteroatoms. The van der Waals surface area contributed by atoms with Crippen molar-refractivity contribution >= 4 is 34.1 Å². The molecule has 0 aliphatic rings. The number of rotatable bonds is 7. The molecule has 1 atom stereocenters. The topological polar surface area (TPSA) is 65.2 Å². The molecular formula is C20H23N3O2S. The van der Waals surface area contributed by atoms with E-state index in [1.54, 1.807) is 11.0 Å². The molecule has 0 aliphatic carbocycles. The Balaban J connectivity index is 1.86. The summed E-state index contributed by atoms with van der Waals surface area (Å²) in [5, 5.41) is 5.87. The predicted molar refractivity (Wildman–Crippen MR) is 106 cm³/mol. The van der Waals surface area contributed by atoms with E-state index in [9.17, 15) is 9.59 Å². The van der Waals surface area contributed by atoms with E-state index < -0.39 is 6.04 Å². The monoisotopic (exact) mass is 369 g/mol. The zero-order valence-corrected chi connectivity index (χ0v) is 15.8. The molecule has 0 fully saturated rings. The van der Waals surface area contributed by atoms with Gasteiger partial charge in [0.1, 0.15) is 6.04 Å². The molecule has 136 valence electrons. The molecule has 2 amide bonds. The molecule has 0 bridgehead atoms. The Morgan fingerprint density at radius 1 is 1.15 bits per heavy atom. The van der Waals surface area contributed by atoms with Gasteiger partial charge in [-0.25, -0.2) is 0 Å². The molecule has 1 aromatic carbocycles. The number of fused-ring (bicyclic) bond motifs is 1. The van der Waals surface area contributed by atoms with Crippen LogP contribution in [0.25, 0.3) is 10.9 Å². The number of carbonyl (C=O) groups is 2. The third-order valence-electron chi connectivity index (χ3n) is 4.52. The molecule has 26 heavy (non-hydrogen) atoms. The summed E-state index contributed by atoms with van der Waals surface area (Å²) in [7, 11) is 0. The Bertz CT molecular complexity index is 881. The van der Waals surface area contributed by atoms with Gasteiger partial charge in [0.25, 0.3) is 5.91 Å². The average Bonchev–Trinajstić information content (AvgIpc) is 3.32.